The molecular formula is C19H16N2O3. The van der Waals surface area contributed by atoms with E-state index in [-0.39, 0.29) is 0 Å². The second kappa shape index (κ2) is 5.85. The zero-order chi connectivity index (χ0) is 16.5. The molecule has 0 spiro atoms. The molecule has 0 atom stereocenters. The lowest BCUT2D eigenvalue weighted by atomic mass is 10.0. The number of benzene rings is 2. The molecule has 0 saturated heterocycles. The summed E-state index contributed by atoms with van der Waals surface area (Å²) in [5.74, 6) is 0.747. The van der Waals surface area contributed by atoms with Crippen molar-refractivity contribution in [3.63, 3.8) is 0 Å². The Balaban J connectivity index is 1.75. The van der Waals surface area contributed by atoms with Gasteiger partial charge in [0.1, 0.15) is 12.4 Å². The van der Waals surface area contributed by atoms with Crippen molar-refractivity contribution >= 4 is 17.0 Å². The minimum atomic E-state index is -0.927. The van der Waals surface area contributed by atoms with E-state index in [1.54, 1.807) is 0 Å². The van der Waals surface area contributed by atoms with Crippen LogP contribution in [0.5, 0.6) is 5.75 Å². The molecule has 1 aliphatic heterocycles. The quantitative estimate of drug-likeness (QED) is 0.741. The molecule has 1 amide bonds. The summed E-state index contributed by atoms with van der Waals surface area (Å²) >= 11 is 0. The van der Waals surface area contributed by atoms with Gasteiger partial charge < -0.3 is 14.7 Å². The van der Waals surface area contributed by atoms with E-state index in [4.69, 9.17) is 4.74 Å². The van der Waals surface area contributed by atoms with Crippen molar-refractivity contribution in [1.29, 1.82) is 0 Å². The standard InChI is InChI=1S/C19H16N2O3/c22-19(23)21-7-8-24-18-6-5-13(9-16(18)12-21)15-10-14-3-1-2-4-17(14)20-11-15/h1-6,9-11H,7-8,12H2,(H,22,23). The smallest absolute Gasteiger partial charge is 0.407 e. The lowest BCUT2D eigenvalue weighted by molar-refractivity contribution is 0.138. The van der Waals surface area contributed by atoms with Crippen LogP contribution in [0.25, 0.3) is 22.0 Å². The summed E-state index contributed by atoms with van der Waals surface area (Å²) in [5, 5.41) is 10.3. The van der Waals surface area contributed by atoms with Gasteiger partial charge in [-0.1, -0.05) is 24.3 Å². The molecule has 1 aliphatic rings. The van der Waals surface area contributed by atoms with Crippen LogP contribution in [0.4, 0.5) is 4.79 Å². The molecule has 0 saturated carbocycles. The first-order valence-corrected chi connectivity index (χ1v) is 7.79. The van der Waals surface area contributed by atoms with Crippen molar-refractivity contribution in [3.8, 4) is 16.9 Å². The van der Waals surface area contributed by atoms with Crippen molar-refractivity contribution in [1.82, 2.24) is 9.88 Å². The second-order valence-corrected chi connectivity index (χ2v) is 5.79. The Morgan fingerprint density at radius 3 is 2.88 bits per heavy atom. The Morgan fingerprint density at radius 1 is 1.12 bits per heavy atom. The highest BCUT2D eigenvalue weighted by atomic mass is 16.5. The van der Waals surface area contributed by atoms with E-state index in [0.717, 1.165) is 33.3 Å². The summed E-state index contributed by atoms with van der Waals surface area (Å²) in [4.78, 5) is 17.1. The van der Waals surface area contributed by atoms with Gasteiger partial charge in [0.15, 0.2) is 0 Å². The third-order valence-corrected chi connectivity index (χ3v) is 4.23. The number of para-hydroxylation sites is 1. The number of carboxylic acid groups (broad SMARTS) is 1. The van der Waals surface area contributed by atoms with Gasteiger partial charge in [0, 0.05) is 22.7 Å². The second-order valence-electron chi connectivity index (χ2n) is 5.79. The van der Waals surface area contributed by atoms with Crippen LogP contribution < -0.4 is 4.74 Å². The summed E-state index contributed by atoms with van der Waals surface area (Å²) in [6, 6.07) is 15.9. The van der Waals surface area contributed by atoms with Crippen LogP contribution in [0.2, 0.25) is 0 Å². The maximum Gasteiger partial charge on any atom is 0.407 e. The molecule has 0 radical (unpaired) electrons. The average molecular weight is 320 g/mol. The lowest BCUT2D eigenvalue weighted by Gasteiger charge is -2.15. The number of hydrogen-bond donors (Lipinski definition) is 1. The van der Waals surface area contributed by atoms with Crippen molar-refractivity contribution < 1.29 is 14.6 Å². The minimum absolute atomic E-state index is 0.333. The van der Waals surface area contributed by atoms with Gasteiger partial charge in [-0.15, -0.1) is 0 Å². The Bertz CT molecular complexity index is 923. The van der Waals surface area contributed by atoms with E-state index in [2.05, 4.69) is 11.1 Å². The maximum absolute atomic E-state index is 11.3. The lowest BCUT2D eigenvalue weighted by Crippen LogP contribution is -2.30. The molecule has 5 heteroatoms. The van der Waals surface area contributed by atoms with Gasteiger partial charge in [0.05, 0.1) is 18.6 Å². The van der Waals surface area contributed by atoms with Crippen LogP contribution in [0.1, 0.15) is 5.56 Å². The first-order valence-electron chi connectivity index (χ1n) is 7.79. The SMILES string of the molecule is O=C(O)N1CCOc2ccc(-c3cnc4ccccc4c3)cc2C1. The fourth-order valence-corrected chi connectivity index (χ4v) is 2.97. The summed E-state index contributed by atoms with van der Waals surface area (Å²) in [7, 11) is 0. The zero-order valence-electron chi connectivity index (χ0n) is 13.0. The fraction of sp³-hybridized carbons (Fsp3) is 0.158. The summed E-state index contributed by atoms with van der Waals surface area (Å²) in [5.41, 5.74) is 3.84. The van der Waals surface area contributed by atoms with Crippen LogP contribution in [0, 0.1) is 0 Å². The maximum atomic E-state index is 11.3. The molecule has 1 aromatic heterocycles. The molecule has 5 nitrogen and oxygen atoms in total. The summed E-state index contributed by atoms with van der Waals surface area (Å²) in [6.45, 7) is 1.08. The highest BCUT2D eigenvalue weighted by molar-refractivity contribution is 5.83. The predicted molar refractivity (Wildman–Crippen MR) is 91.1 cm³/mol. The molecule has 24 heavy (non-hydrogen) atoms. The van der Waals surface area contributed by atoms with Crippen LogP contribution in [-0.4, -0.2) is 34.2 Å². The molecule has 0 fully saturated rings. The monoisotopic (exact) mass is 320 g/mol. The molecule has 120 valence electrons. The number of rotatable bonds is 1. The molecule has 3 aromatic rings. The minimum Gasteiger partial charge on any atom is -0.491 e. The molecule has 4 rings (SSSR count). The van der Waals surface area contributed by atoms with E-state index in [0.29, 0.717) is 19.7 Å². The number of fused-ring (bicyclic) bond motifs is 2. The normalized spacial score (nSPS) is 13.9. The largest absolute Gasteiger partial charge is 0.491 e. The van der Waals surface area contributed by atoms with Gasteiger partial charge in [0.2, 0.25) is 0 Å². The molecule has 2 heterocycles. The van der Waals surface area contributed by atoms with Gasteiger partial charge in [-0.25, -0.2) is 4.79 Å². The van der Waals surface area contributed by atoms with E-state index >= 15 is 0 Å². The number of carbonyl (C=O) groups is 1. The van der Waals surface area contributed by atoms with Gasteiger partial charge >= 0.3 is 6.09 Å². The van der Waals surface area contributed by atoms with Gasteiger partial charge in [0.25, 0.3) is 0 Å². The third-order valence-electron chi connectivity index (χ3n) is 4.23. The van der Waals surface area contributed by atoms with E-state index in [1.807, 2.05) is 48.7 Å². The Morgan fingerprint density at radius 2 is 2.00 bits per heavy atom. The van der Waals surface area contributed by atoms with Crippen LogP contribution in [0.15, 0.2) is 54.7 Å². The molecule has 0 unspecified atom stereocenters. The Labute approximate surface area is 139 Å². The average Bonchev–Trinajstić information content (AvgIpc) is 2.83. The van der Waals surface area contributed by atoms with Crippen molar-refractivity contribution in [3.05, 3.63) is 60.3 Å². The van der Waals surface area contributed by atoms with Crippen molar-refractivity contribution in [2.24, 2.45) is 0 Å². The molecule has 2 aromatic carbocycles. The van der Waals surface area contributed by atoms with E-state index in [9.17, 15) is 9.90 Å². The van der Waals surface area contributed by atoms with Gasteiger partial charge in [-0.3, -0.25) is 4.98 Å². The third kappa shape index (κ3) is 2.65. The number of amides is 1. The number of aromatic nitrogens is 1. The van der Waals surface area contributed by atoms with Crippen molar-refractivity contribution in [2.75, 3.05) is 13.2 Å². The predicted octanol–water partition coefficient (Wildman–Crippen LogP) is 3.77. The van der Waals surface area contributed by atoms with Gasteiger partial charge in [-0.2, -0.15) is 0 Å². The van der Waals surface area contributed by atoms with Gasteiger partial charge in [-0.05, 0) is 29.8 Å². The highest BCUT2D eigenvalue weighted by Crippen LogP contribution is 2.30. The number of hydrogen-bond acceptors (Lipinski definition) is 3. The van der Waals surface area contributed by atoms with Crippen LogP contribution in [-0.2, 0) is 6.54 Å². The molecule has 1 N–H and O–H groups in total. The molecule has 0 aliphatic carbocycles. The van der Waals surface area contributed by atoms with Crippen molar-refractivity contribution in [2.45, 2.75) is 6.54 Å². The number of ether oxygens (including phenoxy) is 1. The fourth-order valence-electron chi connectivity index (χ4n) is 2.97. The van der Waals surface area contributed by atoms with E-state index in [1.165, 1.54) is 4.90 Å². The van der Waals surface area contributed by atoms with Crippen LogP contribution in [0.3, 0.4) is 0 Å². The highest BCUT2D eigenvalue weighted by Gasteiger charge is 2.19. The summed E-state index contributed by atoms with van der Waals surface area (Å²) in [6.07, 6.45) is 0.917. The Hall–Kier alpha value is -3.08. The topological polar surface area (TPSA) is 62.7 Å². The molecular weight excluding hydrogens is 304 g/mol. The first-order chi connectivity index (χ1) is 11.7. The first kappa shape index (κ1) is 14.5. The molecule has 0 bridgehead atoms. The zero-order valence-corrected chi connectivity index (χ0v) is 13.0. The summed E-state index contributed by atoms with van der Waals surface area (Å²) < 4.78 is 5.67. The number of pyridine rings is 1. The Kier molecular flexibility index (Phi) is 3.54. The van der Waals surface area contributed by atoms with Crippen LogP contribution >= 0.6 is 0 Å². The number of nitrogens with zero attached hydrogens (tertiary/aromatic N) is 2. The van der Waals surface area contributed by atoms with E-state index < -0.39 is 6.09 Å².